The Labute approximate surface area is 134 Å². The van der Waals surface area contributed by atoms with Gasteiger partial charge in [-0.3, -0.25) is 4.79 Å². The number of benzene rings is 1. The van der Waals surface area contributed by atoms with Crippen LogP contribution in [0.5, 0.6) is 0 Å². The van der Waals surface area contributed by atoms with Gasteiger partial charge in [-0.05, 0) is 29.0 Å². The fourth-order valence-corrected chi connectivity index (χ4v) is 3.30. The average Bonchev–Trinajstić information content (AvgIpc) is 2.40. The van der Waals surface area contributed by atoms with Crippen LogP contribution in [-0.4, -0.2) is 29.1 Å². The van der Waals surface area contributed by atoms with Crippen LogP contribution in [0.2, 0.25) is 5.15 Å². The molecule has 1 aliphatic heterocycles. The van der Waals surface area contributed by atoms with Crippen molar-refractivity contribution in [3.8, 4) is 0 Å². The topological polar surface area (TPSA) is 53.4 Å². The van der Waals surface area contributed by atoms with Crippen molar-refractivity contribution in [3.63, 3.8) is 0 Å². The zero-order valence-corrected chi connectivity index (χ0v) is 13.5. The summed E-state index contributed by atoms with van der Waals surface area (Å²) in [6.45, 7) is 5.89. The van der Waals surface area contributed by atoms with Crippen molar-refractivity contribution in [2.24, 2.45) is 5.92 Å². The monoisotopic (exact) mass is 318 g/mol. The number of aromatic nitrogens is 1. The van der Waals surface area contributed by atoms with Gasteiger partial charge in [-0.15, -0.1) is 0 Å². The lowest BCUT2D eigenvalue weighted by atomic mass is 9.92. The first-order valence-corrected chi connectivity index (χ1v) is 7.88. The Balaban J connectivity index is 1.95. The Morgan fingerprint density at radius 1 is 1.41 bits per heavy atom. The second-order valence-corrected chi connectivity index (χ2v) is 6.64. The molecule has 1 aromatic heterocycles. The molecule has 5 heteroatoms. The number of fused-ring (bicyclic) bond motifs is 1. The number of hydrogen-bond acceptors (Lipinski definition) is 3. The van der Waals surface area contributed by atoms with Crippen LogP contribution in [0.25, 0.3) is 10.8 Å². The van der Waals surface area contributed by atoms with Crippen LogP contribution in [-0.2, 0) is 4.79 Å². The van der Waals surface area contributed by atoms with Gasteiger partial charge in [-0.25, -0.2) is 4.98 Å². The number of halogens is 1. The van der Waals surface area contributed by atoms with Gasteiger partial charge < -0.3 is 10.0 Å². The van der Waals surface area contributed by atoms with E-state index in [2.05, 4.69) is 35.9 Å². The van der Waals surface area contributed by atoms with Crippen LogP contribution in [0.1, 0.15) is 31.7 Å². The Morgan fingerprint density at radius 3 is 2.77 bits per heavy atom. The minimum Gasteiger partial charge on any atom is -0.481 e. The first-order chi connectivity index (χ1) is 10.5. The molecule has 0 bridgehead atoms. The maximum absolute atomic E-state index is 10.8. The Hall–Kier alpha value is -1.81. The largest absolute Gasteiger partial charge is 0.481 e. The highest BCUT2D eigenvalue weighted by atomic mass is 35.5. The van der Waals surface area contributed by atoms with Crippen molar-refractivity contribution in [1.82, 2.24) is 4.98 Å². The summed E-state index contributed by atoms with van der Waals surface area (Å²) in [6, 6.07) is 6.18. The summed E-state index contributed by atoms with van der Waals surface area (Å²) in [5.74, 6) is -0.0816. The Kier molecular flexibility index (Phi) is 3.96. The smallest absolute Gasteiger partial charge is 0.303 e. The van der Waals surface area contributed by atoms with E-state index in [4.69, 9.17) is 16.7 Å². The highest BCUT2D eigenvalue weighted by molar-refractivity contribution is 6.30. The third-order valence-electron chi connectivity index (χ3n) is 4.26. The zero-order chi connectivity index (χ0) is 15.9. The second-order valence-electron chi connectivity index (χ2n) is 6.25. The highest BCUT2D eigenvalue weighted by Gasteiger charge is 2.30. The fraction of sp³-hybridized carbons (Fsp3) is 0.412. The van der Waals surface area contributed by atoms with Crippen molar-refractivity contribution < 1.29 is 9.90 Å². The Morgan fingerprint density at radius 2 is 2.14 bits per heavy atom. The molecule has 0 amide bonds. The summed E-state index contributed by atoms with van der Waals surface area (Å²) in [5.41, 5.74) is 2.37. The van der Waals surface area contributed by atoms with Crippen molar-refractivity contribution >= 4 is 34.0 Å². The highest BCUT2D eigenvalue weighted by Crippen LogP contribution is 2.36. The predicted molar refractivity (Wildman–Crippen MR) is 88.8 cm³/mol. The molecular weight excluding hydrogens is 300 g/mol. The van der Waals surface area contributed by atoms with Crippen LogP contribution >= 0.6 is 11.6 Å². The number of anilines is 1. The van der Waals surface area contributed by atoms with Crippen molar-refractivity contribution in [2.45, 2.75) is 26.2 Å². The van der Waals surface area contributed by atoms with E-state index in [-0.39, 0.29) is 12.3 Å². The van der Waals surface area contributed by atoms with E-state index in [0.29, 0.717) is 11.1 Å². The molecule has 1 fully saturated rings. The molecule has 3 rings (SSSR count). The predicted octanol–water partition coefficient (Wildman–Crippen LogP) is 3.92. The minimum absolute atomic E-state index is 0.234. The fourth-order valence-electron chi connectivity index (χ4n) is 3.14. The van der Waals surface area contributed by atoms with Crippen LogP contribution < -0.4 is 4.90 Å². The number of nitrogens with zero attached hydrogens (tertiary/aromatic N) is 2. The molecule has 2 heterocycles. The SMILES string of the molecule is CC(C)c1ccc(N2CC(CC(=O)O)C2)c2cnc(Cl)cc12. The van der Waals surface area contributed by atoms with Gasteiger partial charge in [-0.1, -0.05) is 31.5 Å². The van der Waals surface area contributed by atoms with Crippen LogP contribution in [0.3, 0.4) is 0 Å². The first-order valence-electron chi connectivity index (χ1n) is 7.50. The summed E-state index contributed by atoms with van der Waals surface area (Å²) in [4.78, 5) is 17.2. The first kappa shape index (κ1) is 15.1. The van der Waals surface area contributed by atoms with Gasteiger partial charge in [0.2, 0.25) is 0 Å². The minimum atomic E-state index is -0.724. The molecule has 22 heavy (non-hydrogen) atoms. The van der Waals surface area contributed by atoms with Crippen molar-refractivity contribution in [3.05, 3.63) is 35.1 Å². The zero-order valence-electron chi connectivity index (χ0n) is 12.7. The summed E-state index contributed by atoms with van der Waals surface area (Å²) in [6.07, 6.45) is 2.06. The third kappa shape index (κ3) is 2.75. The molecule has 2 aromatic rings. The number of carboxylic acids is 1. The molecule has 116 valence electrons. The lowest BCUT2D eigenvalue weighted by molar-refractivity contribution is -0.138. The summed E-state index contributed by atoms with van der Waals surface area (Å²) >= 11 is 6.07. The molecule has 0 aliphatic carbocycles. The number of hydrogen-bond donors (Lipinski definition) is 1. The van der Waals surface area contributed by atoms with Gasteiger partial charge in [0.15, 0.2) is 0 Å². The second kappa shape index (κ2) is 5.76. The van der Waals surface area contributed by atoms with E-state index in [9.17, 15) is 4.79 Å². The number of rotatable bonds is 4. The molecule has 0 atom stereocenters. The summed E-state index contributed by atoms with van der Waals surface area (Å²) in [5, 5.41) is 11.6. The van der Waals surface area contributed by atoms with Crippen LogP contribution in [0, 0.1) is 5.92 Å². The third-order valence-corrected chi connectivity index (χ3v) is 4.47. The molecule has 0 spiro atoms. The van der Waals surface area contributed by atoms with Crippen molar-refractivity contribution in [2.75, 3.05) is 18.0 Å². The Bertz CT molecular complexity index is 724. The van der Waals surface area contributed by atoms with E-state index in [1.54, 1.807) is 0 Å². The van der Waals surface area contributed by atoms with Gasteiger partial charge in [0.25, 0.3) is 0 Å². The van der Waals surface area contributed by atoms with E-state index in [0.717, 1.165) is 29.5 Å². The molecule has 1 N–H and O–H groups in total. The molecule has 1 aliphatic rings. The molecule has 4 nitrogen and oxygen atoms in total. The lowest BCUT2D eigenvalue weighted by Crippen LogP contribution is -2.47. The number of carbonyl (C=O) groups is 1. The summed E-state index contributed by atoms with van der Waals surface area (Å²) in [7, 11) is 0. The maximum Gasteiger partial charge on any atom is 0.303 e. The van der Waals surface area contributed by atoms with Gasteiger partial charge in [0, 0.05) is 36.3 Å². The van der Waals surface area contributed by atoms with E-state index < -0.39 is 5.97 Å². The average molecular weight is 319 g/mol. The normalized spacial score (nSPS) is 15.4. The maximum atomic E-state index is 10.8. The number of carboxylic acid groups (broad SMARTS) is 1. The molecule has 0 radical (unpaired) electrons. The molecule has 0 unspecified atom stereocenters. The quantitative estimate of drug-likeness (QED) is 0.868. The molecular formula is C17H19ClN2O2. The van der Waals surface area contributed by atoms with Crippen molar-refractivity contribution in [1.29, 1.82) is 0 Å². The van der Waals surface area contributed by atoms with Gasteiger partial charge in [0.05, 0.1) is 6.42 Å². The summed E-state index contributed by atoms with van der Waals surface area (Å²) < 4.78 is 0. The van der Waals surface area contributed by atoms with Crippen LogP contribution in [0.15, 0.2) is 24.4 Å². The van der Waals surface area contributed by atoms with Gasteiger partial charge in [0.1, 0.15) is 5.15 Å². The molecule has 0 saturated carbocycles. The number of pyridine rings is 1. The van der Waals surface area contributed by atoms with E-state index in [1.807, 2.05) is 12.3 Å². The molecule has 1 saturated heterocycles. The standard InChI is InChI=1S/C17H19ClN2O2/c1-10(2)12-3-4-15(14-7-19-16(18)6-13(12)14)20-8-11(9-20)5-17(21)22/h3-4,6-7,10-11H,5,8-9H2,1-2H3,(H,21,22). The number of aliphatic carboxylic acids is 1. The van der Waals surface area contributed by atoms with Gasteiger partial charge in [-0.2, -0.15) is 0 Å². The van der Waals surface area contributed by atoms with E-state index in [1.165, 1.54) is 5.56 Å². The van der Waals surface area contributed by atoms with Gasteiger partial charge >= 0.3 is 5.97 Å². The molecule has 1 aromatic carbocycles. The van der Waals surface area contributed by atoms with Crippen LogP contribution in [0.4, 0.5) is 5.69 Å². The lowest BCUT2D eigenvalue weighted by Gasteiger charge is -2.41. The van der Waals surface area contributed by atoms with E-state index >= 15 is 0 Å².